The second-order valence-electron chi connectivity index (χ2n) is 17.4. The fourth-order valence-electron chi connectivity index (χ4n) is 9.35. The molecule has 3 aromatic heterocycles. The molecule has 4 aromatic rings. The minimum Gasteiger partial charge on any atom is -0.464 e. The molecule has 1 aromatic carbocycles. The van der Waals surface area contributed by atoms with E-state index in [0.717, 1.165) is 51.8 Å². The van der Waals surface area contributed by atoms with E-state index in [2.05, 4.69) is 59.1 Å². The van der Waals surface area contributed by atoms with E-state index < -0.39 is 29.5 Å². The van der Waals surface area contributed by atoms with E-state index in [9.17, 15) is 14.9 Å². The van der Waals surface area contributed by atoms with Crippen LogP contribution in [0.5, 0.6) is 0 Å². The number of amides is 1. The lowest BCUT2D eigenvalue weighted by Crippen LogP contribution is -2.69. The Bertz CT molecular complexity index is 2210. The minimum absolute atomic E-state index is 0.0139. The van der Waals surface area contributed by atoms with Crippen molar-refractivity contribution in [3.63, 3.8) is 0 Å². The van der Waals surface area contributed by atoms with E-state index >= 15 is 0 Å². The molecule has 4 fully saturated rings. The van der Waals surface area contributed by atoms with Gasteiger partial charge >= 0.3 is 5.97 Å². The van der Waals surface area contributed by atoms with Gasteiger partial charge in [0.1, 0.15) is 30.1 Å². The first kappa shape index (κ1) is 37.0. The fraction of sp³-hybridized carbons (Fsp3) is 0.548. The number of carbonyl (C=O) groups is 2. The molecular formula is C42H50N8O6. The van der Waals surface area contributed by atoms with Gasteiger partial charge in [0.25, 0.3) is 5.91 Å². The Balaban J connectivity index is 1.22. The van der Waals surface area contributed by atoms with E-state index in [1.807, 2.05) is 13.0 Å². The molecule has 5 aliphatic rings. The number of carbonyl (C=O) groups excluding carboxylic acids is 2. The highest BCUT2D eigenvalue weighted by molar-refractivity contribution is 5.95. The van der Waals surface area contributed by atoms with Crippen molar-refractivity contribution in [1.82, 2.24) is 29.9 Å². The summed E-state index contributed by atoms with van der Waals surface area (Å²) in [5.74, 6) is -0.374. The first-order valence-corrected chi connectivity index (χ1v) is 19.8. The fourth-order valence-corrected chi connectivity index (χ4v) is 9.35. The Morgan fingerprint density at radius 3 is 2.68 bits per heavy atom. The number of esters is 1. The average Bonchev–Trinajstić information content (AvgIpc) is 3.75. The number of likely N-dealkylation sites (tertiary alicyclic amines) is 1. The van der Waals surface area contributed by atoms with E-state index in [1.54, 1.807) is 19.6 Å². The number of nitrogens with two attached hydrogens (primary N) is 1. The SMILES string of the molecule is CO[C@@H](C)c1ncccc1-c1c2c3cc(ccc3n1C1CC(C#N)C1)-c1coc(n1)[C@@H](N1CC3(COC3)C1)[C@H](N)C(=O)N1CCC[C@H](N1)C(=O)OCC(C)(C)C2. The zero-order chi connectivity index (χ0) is 38.9. The number of nitrogens with zero attached hydrogens (tertiary/aromatic N) is 6. The van der Waals surface area contributed by atoms with Crippen molar-refractivity contribution in [3.8, 4) is 28.6 Å². The van der Waals surface area contributed by atoms with Crippen molar-refractivity contribution in [2.75, 3.05) is 46.6 Å². The molecule has 3 N–H and O–H groups in total. The van der Waals surface area contributed by atoms with Gasteiger partial charge in [0.2, 0.25) is 5.89 Å². The van der Waals surface area contributed by atoms with Gasteiger partial charge in [-0.15, -0.1) is 0 Å². The predicted octanol–water partition coefficient (Wildman–Crippen LogP) is 4.86. The van der Waals surface area contributed by atoms with Crippen molar-refractivity contribution in [2.45, 2.75) is 83.1 Å². The van der Waals surface area contributed by atoms with Crippen LogP contribution in [0, 0.1) is 28.1 Å². The molecule has 1 spiro atoms. The maximum Gasteiger partial charge on any atom is 0.324 e. The summed E-state index contributed by atoms with van der Waals surface area (Å²) in [6, 6.07) is 10.7. The van der Waals surface area contributed by atoms with Crippen molar-refractivity contribution in [3.05, 3.63) is 59.9 Å². The highest BCUT2D eigenvalue weighted by Crippen LogP contribution is 2.49. The van der Waals surface area contributed by atoms with Gasteiger partial charge in [-0.3, -0.25) is 24.5 Å². The van der Waals surface area contributed by atoms with Crippen LogP contribution in [0.2, 0.25) is 0 Å². The van der Waals surface area contributed by atoms with Crippen LogP contribution >= 0.6 is 0 Å². The predicted molar refractivity (Wildman–Crippen MR) is 205 cm³/mol. The molecule has 0 radical (unpaired) electrons. The number of aromatic nitrogens is 3. The summed E-state index contributed by atoms with van der Waals surface area (Å²) in [5.41, 5.74) is 16.0. The number of oxazole rings is 1. The van der Waals surface area contributed by atoms with Crippen LogP contribution < -0.4 is 11.2 Å². The van der Waals surface area contributed by atoms with Gasteiger partial charge < -0.3 is 28.9 Å². The molecule has 6 bridgehead atoms. The number of nitriles is 1. The molecule has 1 saturated carbocycles. The number of fused-ring (bicyclic) bond motifs is 6. The summed E-state index contributed by atoms with van der Waals surface area (Å²) in [6.45, 7) is 9.57. The normalized spacial score (nSPS) is 28.1. The molecule has 4 atom stereocenters. The number of ether oxygens (including phenoxy) is 3. The van der Waals surface area contributed by atoms with Gasteiger partial charge in [0.15, 0.2) is 0 Å². The summed E-state index contributed by atoms with van der Waals surface area (Å²) in [5, 5.41) is 12.3. The van der Waals surface area contributed by atoms with Crippen molar-refractivity contribution in [2.24, 2.45) is 22.5 Å². The number of rotatable bonds is 5. The zero-order valence-electron chi connectivity index (χ0n) is 32.5. The Morgan fingerprint density at radius 1 is 1.14 bits per heavy atom. The number of hydrazine groups is 1. The van der Waals surface area contributed by atoms with Crippen LogP contribution in [0.25, 0.3) is 33.4 Å². The smallest absolute Gasteiger partial charge is 0.324 e. The van der Waals surface area contributed by atoms with Crippen LogP contribution in [0.1, 0.15) is 81.8 Å². The molecule has 7 heterocycles. The highest BCUT2D eigenvalue weighted by Gasteiger charge is 2.54. The van der Waals surface area contributed by atoms with Gasteiger partial charge in [-0.05, 0) is 68.9 Å². The van der Waals surface area contributed by atoms with Gasteiger partial charge in [-0.2, -0.15) is 5.26 Å². The number of cyclic esters (lactones) is 1. The lowest BCUT2D eigenvalue weighted by atomic mass is 9.76. The number of methoxy groups -OCH3 is 1. The zero-order valence-corrected chi connectivity index (χ0v) is 32.5. The van der Waals surface area contributed by atoms with Gasteiger partial charge in [-0.1, -0.05) is 19.9 Å². The first-order chi connectivity index (χ1) is 27.0. The molecule has 0 unspecified atom stereocenters. The van der Waals surface area contributed by atoms with Crippen molar-refractivity contribution in [1.29, 1.82) is 5.26 Å². The molecule has 14 nitrogen and oxygen atoms in total. The molecule has 9 rings (SSSR count). The van der Waals surface area contributed by atoms with E-state index in [0.29, 0.717) is 63.7 Å². The largest absolute Gasteiger partial charge is 0.464 e. The van der Waals surface area contributed by atoms with Crippen LogP contribution in [0.4, 0.5) is 0 Å². The van der Waals surface area contributed by atoms with Crippen LogP contribution in [0.15, 0.2) is 47.2 Å². The average molecular weight is 763 g/mol. The summed E-state index contributed by atoms with van der Waals surface area (Å²) < 4.78 is 26.1. The van der Waals surface area contributed by atoms with Gasteiger partial charge in [-0.25, -0.2) is 10.4 Å². The Hall–Kier alpha value is -4.65. The number of benzene rings is 1. The molecule has 294 valence electrons. The number of hydrogen-bond acceptors (Lipinski definition) is 12. The molecule has 1 amide bonds. The Kier molecular flexibility index (Phi) is 9.29. The van der Waals surface area contributed by atoms with Crippen molar-refractivity contribution >= 4 is 22.8 Å². The number of nitrogens with one attached hydrogen (secondary N) is 1. The highest BCUT2D eigenvalue weighted by atomic mass is 16.5. The topological polar surface area (TPSA) is 174 Å². The summed E-state index contributed by atoms with van der Waals surface area (Å²) in [7, 11) is 1.69. The Labute approximate surface area is 326 Å². The lowest BCUT2D eigenvalue weighted by Gasteiger charge is -2.57. The molecular weight excluding hydrogens is 713 g/mol. The quantitative estimate of drug-likeness (QED) is 0.265. The van der Waals surface area contributed by atoms with Gasteiger partial charge in [0, 0.05) is 71.8 Å². The van der Waals surface area contributed by atoms with Crippen LogP contribution in [-0.2, 0) is 30.2 Å². The van der Waals surface area contributed by atoms with Gasteiger partial charge in [0.05, 0.1) is 49.3 Å². The maximum absolute atomic E-state index is 14.1. The molecule has 14 heteroatoms. The minimum atomic E-state index is -1.01. The van der Waals surface area contributed by atoms with Crippen LogP contribution in [0.3, 0.4) is 0 Å². The van der Waals surface area contributed by atoms with Crippen LogP contribution in [-0.4, -0.2) is 95.0 Å². The van der Waals surface area contributed by atoms with E-state index in [4.69, 9.17) is 34.3 Å². The Morgan fingerprint density at radius 2 is 1.95 bits per heavy atom. The third-order valence-corrected chi connectivity index (χ3v) is 12.6. The second kappa shape index (κ2) is 14.1. The van der Waals surface area contributed by atoms with E-state index in [1.165, 1.54) is 5.01 Å². The van der Waals surface area contributed by atoms with E-state index in [-0.39, 0.29) is 36.0 Å². The second-order valence-corrected chi connectivity index (χ2v) is 17.4. The molecule has 1 aliphatic carbocycles. The first-order valence-electron chi connectivity index (χ1n) is 19.8. The standard InChI is InChI=1S/C42H50N8O6/c1-24(53-4)35-28(7-5-11-45-35)36-30-16-41(2,3)21-56-40(52)31-8-6-12-49(47-31)39(51)34(44)37(48-19-42(20-48)22-54-23-42)38-46-32(18-55-38)26-9-10-33(29(30)15-26)50(36)27-13-25(14-27)17-43/h5,7,9-11,15,18,24-25,27,31,34,37,47H,6,8,12-14,16,19-23,44H2,1-4H3/t24-,25?,27?,31-,34-,37-/m0/s1. The summed E-state index contributed by atoms with van der Waals surface area (Å²) in [6.07, 6.45) is 6.38. The number of pyridine rings is 1. The molecule has 4 aliphatic heterocycles. The summed E-state index contributed by atoms with van der Waals surface area (Å²) in [4.78, 5) is 39.9. The molecule has 56 heavy (non-hydrogen) atoms. The maximum atomic E-state index is 14.1. The lowest BCUT2D eigenvalue weighted by molar-refractivity contribution is -0.203. The van der Waals surface area contributed by atoms with Crippen molar-refractivity contribution < 1.29 is 28.2 Å². The monoisotopic (exact) mass is 762 g/mol. The third-order valence-electron chi connectivity index (χ3n) is 12.6. The summed E-state index contributed by atoms with van der Waals surface area (Å²) >= 11 is 0. The molecule has 3 saturated heterocycles. The third kappa shape index (κ3) is 6.30. The number of hydrogen-bond donors (Lipinski definition) is 2.